The van der Waals surface area contributed by atoms with Crippen molar-refractivity contribution in [2.75, 3.05) is 13.2 Å². The fourth-order valence-electron chi connectivity index (χ4n) is 5.06. The molecule has 2 aromatic rings. The van der Waals surface area contributed by atoms with Gasteiger partial charge in [0.2, 0.25) is 0 Å². The summed E-state index contributed by atoms with van der Waals surface area (Å²) in [6, 6.07) is 15.2. The zero-order valence-corrected chi connectivity index (χ0v) is 23.1. The maximum absolute atomic E-state index is 12.8. The van der Waals surface area contributed by atoms with Crippen LogP contribution in [0.5, 0.6) is 0 Å². The Hall–Kier alpha value is -3.23. The van der Waals surface area contributed by atoms with E-state index in [1.807, 2.05) is 6.92 Å². The summed E-state index contributed by atoms with van der Waals surface area (Å²) in [5, 5.41) is 0. The fraction of sp³-hybridized carbons (Fsp3) is 0.533. The molecule has 2 heterocycles. The van der Waals surface area contributed by atoms with E-state index in [9.17, 15) is 13.2 Å². The highest BCUT2D eigenvalue weighted by Crippen LogP contribution is 2.33. The minimum absolute atomic E-state index is 0.0184. The van der Waals surface area contributed by atoms with Crippen LogP contribution in [0.25, 0.3) is 0 Å². The molecule has 6 nitrogen and oxygen atoms in total. The second-order valence-corrected chi connectivity index (χ2v) is 10.3. The number of halogens is 3. The highest BCUT2D eigenvalue weighted by atomic mass is 19.4. The topological polar surface area (TPSA) is 95.2 Å². The molecule has 0 saturated carbocycles. The predicted octanol–water partition coefficient (Wildman–Crippen LogP) is 6.68. The van der Waals surface area contributed by atoms with Crippen molar-refractivity contribution in [1.29, 1.82) is 0 Å². The minimum atomic E-state index is -4.30. The lowest BCUT2D eigenvalue weighted by Crippen LogP contribution is -2.11. The number of rotatable bonds is 10. The molecule has 0 amide bonds. The van der Waals surface area contributed by atoms with Crippen molar-refractivity contribution in [2.24, 2.45) is 21.5 Å². The highest BCUT2D eigenvalue weighted by molar-refractivity contribution is 5.73. The smallest absolute Gasteiger partial charge is 0.416 e. The summed E-state index contributed by atoms with van der Waals surface area (Å²) < 4.78 is 48.5. The van der Waals surface area contributed by atoms with E-state index in [1.54, 1.807) is 6.07 Å². The van der Waals surface area contributed by atoms with Gasteiger partial charge < -0.3 is 20.9 Å². The van der Waals surface area contributed by atoms with E-state index in [0.717, 1.165) is 50.2 Å². The summed E-state index contributed by atoms with van der Waals surface area (Å²) >= 11 is 0. The largest absolute Gasteiger partial charge is 0.463 e. The molecule has 0 aromatic heterocycles. The van der Waals surface area contributed by atoms with Crippen LogP contribution in [0.15, 0.2) is 58.5 Å². The van der Waals surface area contributed by atoms with E-state index in [0.29, 0.717) is 25.2 Å². The first-order chi connectivity index (χ1) is 18.6. The van der Waals surface area contributed by atoms with Crippen LogP contribution in [0.4, 0.5) is 13.2 Å². The monoisotopic (exact) mass is 546 g/mol. The first kappa shape index (κ1) is 30.3. The molecule has 214 valence electrons. The van der Waals surface area contributed by atoms with Gasteiger partial charge >= 0.3 is 6.18 Å². The molecule has 2 aromatic carbocycles. The van der Waals surface area contributed by atoms with Gasteiger partial charge in [0.25, 0.3) is 12.0 Å². The molecular weight excluding hydrogens is 505 g/mol. The first-order valence-corrected chi connectivity index (χ1v) is 13.7. The Morgan fingerprint density at radius 2 is 1.31 bits per heavy atom. The normalized spacial score (nSPS) is 20.2. The Bertz CT molecular complexity index is 1120. The minimum Gasteiger partial charge on any atom is -0.463 e. The third kappa shape index (κ3) is 9.48. The number of benzene rings is 2. The van der Waals surface area contributed by atoms with E-state index in [4.69, 9.17) is 20.9 Å². The van der Waals surface area contributed by atoms with Crippen molar-refractivity contribution in [3.63, 3.8) is 0 Å². The molecule has 2 unspecified atom stereocenters. The average Bonchev–Trinajstić information content (AvgIpc) is 3.52. The number of hydrogen-bond acceptors (Lipinski definition) is 6. The lowest BCUT2D eigenvalue weighted by Gasteiger charge is -2.18. The molecule has 0 fully saturated rings. The van der Waals surface area contributed by atoms with E-state index in [-0.39, 0.29) is 24.0 Å². The third-order valence-electron chi connectivity index (χ3n) is 7.35. The van der Waals surface area contributed by atoms with E-state index < -0.39 is 11.7 Å². The Morgan fingerprint density at radius 3 is 1.72 bits per heavy atom. The summed E-state index contributed by atoms with van der Waals surface area (Å²) in [6.45, 7) is 7.48. The summed E-state index contributed by atoms with van der Waals surface area (Å²) in [5.41, 5.74) is 13.9. The van der Waals surface area contributed by atoms with Crippen LogP contribution in [0, 0.1) is 6.92 Å². The van der Waals surface area contributed by atoms with Gasteiger partial charge in [-0.15, -0.1) is 0 Å². The second kappa shape index (κ2) is 14.2. The van der Waals surface area contributed by atoms with Gasteiger partial charge in [0.15, 0.2) is 0 Å². The van der Waals surface area contributed by atoms with Gasteiger partial charge in [-0.3, -0.25) is 0 Å². The fourth-order valence-corrected chi connectivity index (χ4v) is 5.06. The number of amidine groups is 2. The van der Waals surface area contributed by atoms with Gasteiger partial charge in [-0.05, 0) is 74.5 Å². The van der Waals surface area contributed by atoms with Crippen molar-refractivity contribution < 1.29 is 22.6 Å². The van der Waals surface area contributed by atoms with Gasteiger partial charge in [-0.1, -0.05) is 61.9 Å². The summed E-state index contributed by atoms with van der Waals surface area (Å²) in [6.07, 6.45) is 1.37. The van der Waals surface area contributed by atoms with Crippen molar-refractivity contribution in [2.45, 2.75) is 89.4 Å². The molecule has 0 spiro atoms. The summed E-state index contributed by atoms with van der Waals surface area (Å²) in [7, 11) is 0. The lowest BCUT2D eigenvalue weighted by atomic mass is 9.89. The van der Waals surface area contributed by atoms with Crippen LogP contribution in [-0.2, 0) is 15.7 Å². The standard InChI is InChI=1S/C15H19F3N2O.C15H22N2O/c1-2-10(6-7-13-9-21-14(19)20-13)11-4-3-5-12(8-11)15(16,17)18;1-3-12(13-6-4-5-11(2)9-13)7-8-14-10-18-15(16)17-14/h3-5,8,10,13H,2,6-7,9H2,1H3,(H2,19,20);4-6,9,12,14H,3,7-8,10H2,1-2H3,(H2,16,17)/t10?,13-;12?,14-/m00/s1. The Labute approximate surface area is 229 Å². The molecule has 4 N–H and O–H groups in total. The SMILES string of the molecule is CCC(CC[C@H]1COC(N)=N1)c1cccc(C(F)(F)F)c1.CCC(CC[C@H]1COC(N)=N1)c1cccc(C)c1. The zero-order chi connectivity index (χ0) is 28.4. The Balaban J connectivity index is 0.000000218. The first-order valence-electron chi connectivity index (χ1n) is 13.7. The number of aryl methyl sites for hydroxylation is 1. The molecule has 4 rings (SSSR count). The van der Waals surface area contributed by atoms with E-state index in [1.165, 1.54) is 23.3 Å². The van der Waals surface area contributed by atoms with Gasteiger partial charge in [-0.2, -0.15) is 13.2 Å². The number of nitrogens with two attached hydrogens (primary N) is 2. The average molecular weight is 547 g/mol. The van der Waals surface area contributed by atoms with Gasteiger partial charge in [0.05, 0.1) is 17.6 Å². The second-order valence-electron chi connectivity index (χ2n) is 10.3. The van der Waals surface area contributed by atoms with Crippen LogP contribution in [0.1, 0.15) is 86.5 Å². The van der Waals surface area contributed by atoms with Crippen molar-refractivity contribution in [1.82, 2.24) is 0 Å². The number of nitrogens with zero attached hydrogens (tertiary/aromatic N) is 2. The van der Waals surface area contributed by atoms with Gasteiger partial charge in [0, 0.05) is 0 Å². The molecule has 0 bridgehead atoms. The molecule has 39 heavy (non-hydrogen) atoms. The van der Waals surface area contributed by atoms with E-state index in [2.05, 4.69) is 48.1 Å². The molecule has 0 radical (unpaired) electrons. The quantitative estimate of drug-likeness (QED) is 0.348. The highest BCUT2D eigenvalue weighted by Gasteiger charge is 2.31. The van der Waals surface area contributed by atoms with Crippen molar-refractivity contribution >= 4 is 12.0 Å². The van der Waals surface area contributed by atoms with Crippen molar-refractivity contribution in [3.05, 3.63) is 70.8 Å². The number of hydrogen-bond donors (Lipinski definition) is 2. The molecule has 0 aliphatic carbocycles. The zero-order valence-electron chi connectivity index (χ0n) is 23.1. The molecule has 0 saturated heterocycles. The molecule has 9 heteroatoms. The van der Waals surface area contributed by atoms with E-state index >= 15 is 0 Å². The van der Waals surface area contributed by atoms with Gasteiger partial charge in [0.1, 0.15) is 13.2 Å². The van der Waals surface area contributed by atoms with Crippen molar-refractivity contribution in [3.8, 4) is 0 Å². The summed E-state index contributed by atoms with van der Waals surface area (Å²) in [4.78, 5) is 8.42. The van der Waals surface area contributed by atoms with Gasteiger partial charge in [-0.25, -0.2) is 9.98 Å². The van der Waals surface area contributed by atoms with Crippen LogP contribution in [-0.4, -0.2) is 37.3 Å². The van der Waals surface area contributed by atoms with Crippen LogP contribution < -0.4 is 11.5 Å². The maximum atomic E-state index is 12.8. The molecule has 2 aliphatic rings. The third-order valence-corrected chi connectivity index (χ3v) is 7.35. The maximum Gasteiger partial charge on any atom is 0.416 e. The lowest BCUT2D eigenvalue weighted by molar-refractivity contribution is -0.137. The Kier molecular flexibility index (Phi) is 11.1. The summed E-state index contributed by atoms with van der Waals surface area (Å²) in [5.74, 6) is 0.700. The Morgan fingerprint density at radius 1 is 0.821 bits per heavy atom. The number of ether oxygens (including phenoxy) is 2. The van der Waals surface area contributed by atoms with Crippen LogP contribution in [0.2, 0.25) is 0 Å². The molecular formula is C30H41F3N4O2. The number of alkyl halides is 3. The van der Waals surface area contributed by atoms with Crippen LogP contribution >= 0.6 is 0 Å². The predicted molar refractivity (Wildman–Crippen MR) is 150 cm³/mol. The molecule has 4 atom stereocenters. The number of aliphatic imine (C=N–C) groups is 2. The molecule has 2 aliphatic heterocycles. The van der Waals surface area contributed by atoms with Crippen LogP contribution in [0.3, 0.4) is 0 Å².